The number of thiophene rings is 1. The molecule has 0 bridgehead atoms. The van der Waals surface area contributed by atoms with Crippen LogP contribution in [0.25, 0.3) is 0 Å². The molecule has 1 saturated heterocycles. The van der Waals surface area contributed by atoms with Crippen molar-refractivity contribution in [3.8, 4) is 0 Å². The second kappa shape index (κ2) is 5.12. The number of sulfonamides is 1. The fourth-order valence-electron chi connectivity index (χ4n) is 2.26. The molecule has 1 aliphatic rings. The summed E-state index contributed by atoms with van der Waals surface area (Å²) in [6.45, 7) is 5.46. The highest BCUT2D eigenvalue weighted by Crippen LogP contribution is 2.33. The lowest BCUT2D eigenvalue weighted by atomic mass is 9.85. The van der Waals surface area contributed by atoms with E-state index in [0.29, 0.717) is 23.2 Å². The molecule has 0 aromatic carbocycles. The first kappa shape index (κ1) is 14.3. The van der Waals surface area contributed by atoms with Gasteiger partial charge in [-0.05, 0) is 35.3 Å². The van der Waals surface area contributed by atoms with Crippen LogP contribution in [0.15, 0.2) is 15.7 Å². The van der Waals surface area contributed by atoms with Crippen LogP contribution in [0.2, 0.25) is 0 Å². The minimum absolute atomic E-state index is 0.0674. The zero-order valence-corrected chi connectivity index (χ0v) is 13.0. The average Bonchev–Trinajstić information content (AvgIpc) is 2.76. The van der Waals surface area contributed by atoms with Gasteiger partial charge in [-0.15, -0.1) is 22.9 Å². The van der Waals surface area contributed by atoms with E-state index in [9.17, 15) is 8.42 Å². The minimum Gasteiger partial charge on any atom is -0.206 e. The average molecular weight is 308 g/mol. The Balaban J connectivity index is 2.25. The van der Waals surface area contributed by atoms with Gasteiger partial charge in [0.25, 0.3) is 10.0 Å². The second-order valence-corrected chi connectivity index (χ2v) is 8.86. The lowest BCUT2D eigenvalue weighted by Gasteiger charge is -2.36. The van der Waals surface area contributed by atoms with Crippen LogP contribution in [0, 0.1) is 5.41 Å². The van der Waals surface area contributed by atoms with E-state index >= 15 is 0 Å². The van der Waals surface area contributed by atoms with Crippen molar-refractivity contribution in [3.05, 3.63) is 17.0 Å². The number of nitrogens with zero attached hydrogens (tertiary/aromatic N) is 1. The molecule has 0 N–H and O–H groups in total. The predicted molar refractivity (Wildman–Crippen MR) is 75.6 cm³/mol. The predicted octanol–water partition coefficient (Wildman–Crippen LogP) is 3.30. The summed E-state index contributed by atoms with van der Waals surface area (Å²) in [5.41, 5.74) is 0.939. The minimum atomic E-state index is -3.33. The molecular formula is C12H18ClNO2S2. The summed E-state index contributed by atoms with van der Waals surface area (Å²) in [5.74, 6) is 0.359. The van der Waals surface area contributed by atoms with Gasteiger partial charge in [-0.2, -0.15) is 4.31 Å². The Morgan fingerprint density at radius 2 is 2.22 bits per heavy atom. The van der Waals surface area contributed by atoms with Gasteiger partial charge in [-0.1, -0.05) is 13.8 Å². The standard InChI is InChI=1S/C12H18ClNO2S2/c1-12(2)4-3-5-14(9-12)18(15,16)11-6-10(7-13)8-17-11/h6,8H,3-5,7,9H2,1-2H3. The van der Waals surface area contributed by atoms with Gasteiger partial charge in [0.2, 0.25) is 0 Å². The maximum Gasteiger partial charge on any atom is 0.252 e. The molecule has 3 nitrogen and oxygen atoms in total. The Labute approximate surface area is 118 Å². The van der Waals surface area contributed by atoms with E-state index in [2.05, 4.69) is 13.8 Å². The van der Waals surface area contributed by atoms with Crippen molar-refractivity contribution < 1.29 is 8.42 Å². The van der Waals surface area contributed by atoms with Crippen molar-refractivity contribution in [2.45, 2.75) is 36.8 Å². The molecule has 0 spiro atoms. The third-order valence-electron chi connectivity index (χ3n) is 3.24. The van der Waals surface area contributed by atoms with Gasteiger partial charge < -0.3 is 0 Å². The van der Waals surface area contributed by atoms with E-state index < -0.39 is 10.0 Å². The highest BCUT2D eigenvalue weighted by Gasteiger charge is 2.34. The van der Waals surface area contributed by atoms with E-state index in [4.69, 9.17) is 11.6 Å². The molecule has 0 radical (unpaired) electrons. The van der Waals surface area contributed by atoms with E-state index in [-0.39, 0.29) is 5.41 Å². The molecular weight excluding hydrogens is 290 g/mol. The quantitative estimate of drug-likeness (QED) is 0.804. The molecule has 2 heterocycles. The van der Waals surface area contributed by atoms with Gasteiger partial charge in [0.1, 0.15) is 4.21 Å². The summed E-state index contributed by atoms with van der Waals surface area (Å²) in [7, 11) is -3.33. The maximum absolute atomic E-state index is 12.5. The Morgan fingerprint density at radius 1 is 1.50 bits per heavy atom. The summed E-state index contributed by atoms with van der Waals surface area (Å²) < 4.78 is 27.0. The van der Waals surface area contributed by atoms with Crippen LogP contribution < -0.4 is 0 Å². The molecule has 6 heteroatoms. The first-order valence-electron chi connectivity index (χ1n) is 5.99. The molecule has 0 aliphatic carbocycles. The van der Waals surface area contributed by atoms with E-state index in [1.807, 2.05) is 5.38 Å². The van der Waals surface area contributed by atoms with Crippen molar-refractivity contribution in [1.82, 2.24) is 4.31 Å². The van der Waals surface area contributed by atoms with Crippen molar-refractivity contribution >= 4 is 33.0 Å². The van der Waals surface area contributed by atoms with Gasteiger partial charge in [0, 0.05) is 19.0 Å². The number of alkyl halides is 1. The Morgan fingerprint density at radius 3 is 2.78 bits per heavy atom. The molecule has 1 aromatic heterocycles. The third-order valence-corrected chi connectivity index (χ3v) is 6.86. The van der Waals surface area contributed by atoms with E-state index in [1.165, 1.54) is 11.3 Å². The SMILES string of the molecule is CC1(C)CCCN(S(=O)(=O)c2cc(CCl)cs2)C1. The summed E-state index contributed by atoms with van der Waals surface area (Å²) in [4.78, 5) is 0. The topological polar surface area (TPSA) is 37.4 Å². The van der Waals surface area contributed by atoms with Crippen molar-refractivity contribution in [3.63, 3.8) is 0 Å². The Kier molecular flexibility index (Phi) is 4.07. The Hall–Kier alpha value is -0.100. The number of hydrogen-bond acceptors (Lipinski definition) is 3. The molecule has 0 atom stereocenters. The smallest absolute Gasteiger partial charge is 0.206 e. The van der Waals surface area contributed by atoms with Crippen molar-refractivity contribution in [2.24, 2.45) is 5.41 Å². The van der Waals surface area contributed by atoms with E-state index in [0.717, 1.165) is 18.4 Å². The number of hydrogen-bond donors (Lipinski definition) is 0. The van der Waals surface area contributed by atoms with Gasteiger partial charge in [0.15, 0.2) is 0 Å². The normalized spacial score (nSPS) is 21.1. The molecule has 2 rings (SSSR count). The van der Waals surface area contributed by atoms with Crippen LogP contribution in [0.4, 0.5) is 0 Å². The molecule has 1 fully saturated rings. The Bertz CT molecular complexity index is 522. The lowest BCUT2D eigenvalue weighted by molar-refractivity contribution is 0.187. The molecule has 102 valence electrons. The first-order chi connectivity index (χ1) is 8.35. The summed E-state index contributed by atoms with van der Waals surface area (Å²) in [6.07, 6.45) is 2.01. The van der Waals surface area contributed by atoms with Gasteiger partial charge in [-0.3, -0.25) is 0 Å². The van der Waals surface area contributed by atoms with Crippen LogP contribution in [0.3, 0.4) is 0 Å². The van der Waals surface area contributed by atoms with Gasteiger partial charge >= 0.3 is 0 Å². The zero-order valence-electron chi connectivity index (χ0n) is 10.6. The van der Waals surface area contributed by atoms with Crippen molar-refractivity contribution in [1.29, 1.82) is 0 Å². The number of halogens is 1. The molecule has 18 heavy (non-hydrogen) atoms. The summed E-state index contributed by atoms with van der Waals surface area (Å²) in [6, 6.07) is 1.69. The van der Waals surface area contributed by atoms with Gasteiger partial charge in [0.05, 0.1) is 0 Å². The summed E-state index contributed by atoms with van der Waals surface area (Å²) >= 11 is 6.98. The molecule has 0 saturated carbocycles. The van der Waals surface area contributed by atoms with Crippen LogP contribution in [0.5, 0.6) is 0 Å². The fraction of sp³-hybridized carbons (Fsp3) is 0.667. The molecule has 1 aliphatic heterocycles. The lowest BCUT2D eigenvalue weighted by Crippen LogP contribution is -2.43. The first-order valence-corrected chi connectivity index (χ1v) is 8.84. The summed E-state index contributed by atoms with van der Waals surface area (Å²) in [5, 5.41) is 1.81. The number of rotatable bonds is 3. The van der Waals surface area contributed by atoms with Crippen LogP contribution >= 0.6 is 22.9 Å². The van der Waals surface area contributed by atoms with E-state index in [1.54, 1.807) is 10.4 Å². The van der Waals surface area contributed by atoms with Crippen LogP contribution in [-0.2, 0) is 15.9 Å². The maximum atomic E-state index is 12.5. The van der Waals surface area contributed by atoms with Crippen molar-refractivity contribution in [2.75, 3.05) is 13.1 Å². The highest BCUT2D eigenvalue weighted by atomic mass is 35.5. The molecule has 1 aromatic rings. The zero-order chi connectivity index (χ0) is 13.4. The fourth-order valence-corrected chi connectivity index (χ4v) is 5.54. The third kappa shape index (κ3) is 2.90. The van der Waals surface area contributed by atoms with Crippen LogP contribution in [0.1, 0.15) is 32.3 Å². The molecule has 0 amide bonds. The monoisotopic (exact) mass is 307 g/mol. The molecule has 0 unspecified atom stereocenters. The van der Waals surface area contributed by atoms with Gasteiger partial charge in [-0.25, -0.2) is 8.42 Å². The number of piperidine rings is 1. The van der Waals surface area contributed by atoms with Crippen LogP contribution in [-0.4, -0.2) is 25.8 Å². The second-order valence-electron chi connectivity index (χ2n) is 5.51. The highest BCUT2D eigenvalue weighted by molar-refractivity contribution is 7.91. The largest absolute Gasteiger partial charge is 0.252 e.